The van der Waals surface area contributed by atoms with Gasteiger partial charge in [-0.2, -0.15) is 0 Å². The molecule has 2 aliphatic heterocycles. The molecule has 3 aromatic heterocycles. The molecule has 0 amide bonds. The summed E-state index contributed by atoms with van der Waals surface area (Å²) in [6.45, 7) is 4.13. The van der Waals surface area contributed by atoms with Crippen LogP contribution in [-0.2, 0) is 6.54 Å². The predicted molar refractivity (Wildman–Crippen MR) is 109 cm³/mol. The van der Waals surface area contributed by atoms with Gasteiger partial charge in [-0.15, -0.1) is 0 Å². The van der Waals surface area contributed by atoms with Crippen molar-refractivity contribution in [3.8, 4) is 0 Å². The van der Waals surface area contributed by atoms with Gasteiger partial charge in [0.05, 0.1) is 11.7 Å². The van der Waals surface area contributed by atoms with Crippen molar-refractivity contribution in [3.05, 3.63) is 84.2 Å². The highest BCUT2D eigenvalue weighted by Gasteiger charge is 2.44. The van der Waals surface area contributed by atoms with Gasteiger partial charge >= 0.3 is 0 Å². The van der Waals surface area contributed by atoms with E-state index in [0.29, 0.717) is 5.25 Å². The SMILES string of the molecule is C[C@@H]1CN2C(=N[C@@H](c3ccccn3)[C@@H]2c2cccn2Cc2ccncc2)S1. The van der Waals surface area contributed by atoms with Crippen molar-refractivity contribution in [1.82, 2.24) is 19.4 Å². The van der Waals surface area contributed by atoms with Crippen molar-refractivity contribution in [2.45, 2.75) is 30.8 Å². The first-order valence-corrected chi connectivity index (χ1v) is 10.1. The fourth-order valence-electron chi connectivity index (χ4n) is 3.96. The molecule has 0 saturated carbocycles. The maximum atomic E-state index is 5.08. The first kappa shape index (κ1) is 16.6. The smallest absolute Gasteiger partial charge is 0.160 e. The number of amidine groups is 1. The second kappa shape index (κ2) is 6.85. The molecule has 0 unspecified atom stereocenters. The molecule has 6 heteroatoms. The lowest BCUT2D eigenvalue weighted by Gasteiger charge is -2.28. The summed E-state index contributed by atoms with van der Waals surface area (Å²) in [5.41, 5.74) is 3.57. The number of aromatic nitrogens is 3. The zero-order valence-electron chi connectivity index (χ0n) is 15.1. The molecule has 136 valence electrons. The van der Waals surface area contributed by atoms with E-state index in [1.54, 1.807) is 0 Å². The Labute approximate surface area is 163 Å². The van der Waals surface area contributed by atoms with Crippen LogP contribution in [0.5, 0.6) is 0 Å². The fourth-order valence-corrected chi connectivity index (χ4v) is 5.06. The van der Waals surface area contributed by atoms with Crippen molar-refractivity contribution >= 4 is 16.9 Å². The molecule has 1 saturated heterocycles. The second-order valence-electron chi connectivity index (χ2n) is 7.05. The average molecular weight is 376 g/mol. The van der Waals surface area contributed by atoms with E-state index >= 15 is 0 Å². The Kier molecular flexibility index (Phi) is 4.20. The van der Waals surface area contributed by atoms with Crippen molar-refractivity contribution in [2.24, 2.45) is 4.99 Å². The standard InChI is InChI=1S/C21H21N5S/c1-15-13-26-20(19(24-21(26)27-15)17-5-2-3-9-23-17)18-6-4-12-25(18)14-16-7-10-22-11-8-16/h2-12,15,19-20H,13-14H2,1H3/t15-,19+,20+/m1/s1. The molecular formula is C21H21N5S. The Bertz CT molecular complexity index is 953. The van der Waals surface area contributed by atoms with E-state index in [4.69, 9.17) is 4.99 Å². The number of rotatable bonds is 4. The summed E-state index contributed by atoms with van der Waals surface area (Å²) < 4.78 is 2.34. The molecular weight excluding hydrogens is 354 g/mol. The van der Waals surface area contributed by atoms with E-state index in [0.717, 1.165) is 24.0 Å². The first-order valence-electron chi connectivity index (χ1n) is 9.25. The van der Waals surface area contributed by atoms with E-state index in [1.165, 1.54) is 11.3 Å². The lowest BCUT2D eigenvalue weighted by atomic mass is 10.0. The molecule has 0 N–H and O–H groups in total. The van der Waals surface area contributed by atoms with E-state index < -0.39 is 0 Å². The van der Waals surface area contributed by atoms with Crippen LogP contribution in [0.25, 0.3) is 0 Å². The summed E-state index contributed by atoms with van der Waals surface area (Å²) >= 11 is 1.88. The summed E-state index contributed by atoms with van der Waals surface area (Å²) in [6.07, 6.45) is 7.73. The molecule has 0 aromatic carbocycles. The highest BCUT2D eigenvalue weighted by Crippen LogP contribution is 2.47. The van der Waals surface area contributed by atoms with E-state index in [-0.39, 0.29) is 12.1 Å². The normalized spacial score (nSPS) is 24.1. The Hall–Kier alpha value is -2.60. The minimum Gasteiger partial charge on any atom is -0.345 e. The van der Waals surface area contributed by atoms with Gasteiger partial charge in [0.15, 0.2) is 5.17 Å². The number of pyridine rings is 2. The predicted octanol–water partition coefficient (Wildman–Crippen LogP) is 3.92. The van der Waals surface area contributed by atoms with Gasteiger partial charge in [-0.1, -0.05) is 24.8 Å². The van der Waals surface area contributed by atoms with Crippen LogP contribution in [0.4, 0.5) is 0 Å². The third-order valence-corrected chi connectivity index (χ3v) is 6.25. The molecule has 3 atom stereocenters. The molecule has 0 bridgehead atoms. The maximum absolute atomic E-state index is 5.08. The molecule has 2 aliphatic rings. The van der Waals surface area contributed by atoms with Gasteiger partial charge in [-0.05, 0) is 42.0 Å². The summed E-state index contributed by atoms with van der Waals surface area (Å²) in [5.74, 6) is 0. The molecule has 1 fully saturated rings. The van der Waals surface area contributed by atoms with E-state index in [2.05, 4.69) is 69.0 Å². The van der Waals surface area contributed by atoms with Gasteiger partial charge < -0.3 is 9.47 Å². The summed E-state index contributed by atoms with van der Waals surface area (Å²) in [6, 6.07) is 14.8. The van der Waals surface area contributed by atoms with Crippen LogP contribution in [0.2, 0.25) is 0 Å². The molecule has 0 spiro atoms. The van der Waals surface area contributed by atoms with Gasteiger partial charge in [0.25, 0.3) is 0 Å². The van der Waals surface area contributed by atoms with Gasteiger partial charge in [0, 0.05) is 48.8 Å². The van der Waals surface area contributed by atoms with Crippen LogP contribution in [0.1, 0.15) is 36.0 Å². The van der Waals surface area contributed by atoms with Crippen molar-refractivity contribution < 1.29 is 0 Å². The average Bonchev–Trinajstić information content (AvgIpc) is 3.37. The van der Waals surface area contributed by atoms with Crippen LogP contribution in [-0.4, -0.2) is 36.4 Å². The molecule has 5 nitrogen and oxygen atoms in total. The fraction of sp³-hybridized carbons (Fsp3) is 0.286. The minimum atomic E-state index is 0.0345. The third kappa shape index (κ3) is 3.04. The Morgan fingerprint density at radius 1 is 1.07 bits per heavy atom. The Morgan fingerprint density at radius 3 is 2.78 bits per heavy atom. The highest BCUT2D eigenvalue weighted by molar-refractivity contribution is 8.14. The molecule has 0 radical (unpaired) electrons. The molecule has 5 rings (SSSR count). The largest absolute Gasteiger partial charge is 0.345 e. The summed E-state index contributed by atoms with van der Waals surface area (Å²) in [5, 5.41) is 1.72. The van der Waals surface area contributed by atoms with Crippen LogP contribution in [0.3, 0.4) is 0 Å². The lowest BCUT2D eigenvalue weighted by Crippen LogP contribution is -2.30. The van der Waals surface area contributed by atoms with Crippen LogP contribution in [0.15, 0.2) is 72.2 Å². The van der Waals surface area contributed by atoms with Gasteiger partial charge in [0.2, 0.25) is 0 Å². The monoisotopic (exact) mass is 375 g/mol. The number of hydrogen-bond donors (Lipinski definition) is 0. The summed E-state index contributed by atoms with van der Waals surface area (Å²) in [4.78, 5) is 16.3. The van der Waals surface area contributed by atoms with Gasteiger partial charge in [-0.3, -0.25) is 15.0 Å². The number of fused-ring (bicyclic) bond motifs is 1. The zero-order chi connectivity index (χ0) is 18.2. The topological polar surface area (TPSA) is 46.3 Å². The van der Waals surface area contributed by atoms with Crippen LogP contribution >= 0.6 is 11.8 Å². The number of thioether (sulfide) groups is 1. The third-order valence-electron chi connectivity index (χ3n) is 5.15. The van der Waals surface area contributed by atoms with Gasteiger partial charge in [-0.25, -0.2) is 0 Å². The molecule has 0 aliphatic carbocycles. The van der Waals surface area contributed by atoms with Crippen molar-refractivity contribution in [1.29, 1.82) is 0 Å². The highest BCUT2D eigenvalue weighted by atomic mass is 32.2. The lowest BCUT2D eigenvalue weighted by molar-refractivity contribution is 0.308. The van der Waals surface area contributed by atoms with E-state index in [1.807, 2.05) is 36.4 Å². The Morgan fingerprint density at radius 2 is 1.96 bits per heavy atom. The Balaban J connectivity index is 1.53. The van der Waals surface area contributed by atoms with Gasteiger partial charge in [0.1, 0.15) is 6.04 Å². The zero-order valence-corrected chi connectivity index (χ0v) is 16.0. The minimum absolute atomic E-state index is 0.0345. The molecule has 3 aromatic rings. The van der Waals surface area contributed by atoms with Crippen molar-refractivity contribution in [2.75, 3.05) is 6.54 Å². The van der Waals surface area contributed by atoms with Crippen LogP contribution in [0, 0.1) is 0 Å². The summed E-state index contributed by atoms with van der Waals surface area (Å²) in [7, 11) is 0. The number of aliphatic imine (C=N–C) groups is 1. The van der Waals surface area contributed by atoms with Crippen molar-refractivity contribution in [3.63, 3.8) is 0 Å². The second-order valence-corrected chi connectivity index (χ2v) is 8.46. The number of hydrogen-bond acceptors (Lipinski definition) is 5. The number of nitrogens with zero attached hydrogens (tertiary/aromatic N) is 5. The van der Waals surface area contributed by atoms with E-state index in [9.17, 15) is 0 Å². The quantitative estimate of drug-likeness (QED) is 0.693. The molecule has 5 heterocycles. The molecule has 27 heavy (non-hydrogen) atoms. The maximum Gasteiger partial charge on any atom is 0.160 e. The first-order chi connectivity index (χ1) is 13.3. The van der Waals surface area contributed by atoms with Crippen LogP contribution < -0.4 is 0 Å².